The van der Waals surface area contributed by atoms with E-state index in [4.69, 9.17) is 27.9 Å². The molecule has 0 unspecified atom stereocenters. The van der Waals surface area contributed by atoms with E-state index in [2.05, 4.69) is 4.90 Å². The molecule has 0 aliphatic carbocycles. The molecule has 2 aromatic rings. The summed E-state index contributed by atoms with van der Waals surface area (Å²) in [6.07, 6.45) is 3.08. The summed E-state index contributed by atoms with van der Waals surface area (Å²) in [5, 5.41) is 0.953. The van der Waals surface area contributed by atoms with Crippen LogP contribution in [-0.2, 0) is 20.2 Å². The van der Waals surface area contributed by atoms with E-state index in [1.807, 2.05) is 17.1 Å². The van der Waals surface area contributed by atoms with Crippen LogP contribution in [0, 0.1) is 6.92 Å². The van der Waals surface area contributed by atoms with Crippen molar-refractivity contribution in [1.29, 1.82) is 0 Å². The first kappa shape index (κ1) is 30.1. The third kappa shape index (κ3) is 7.59. The number of sulfonamides is 1. The van der Waals surface area contributed by atoms with Crippen LogP contribution in [0.3, 0.4) is 0 Å². The van der Waals surface area contributed by atoms with Crippen molar-refractivity contribution in [2.75, 3.05) is 26.2 Å². The molecule has 2 aliphatic rings. The van der Waals surface area contributed by atoms with E-state index in [1.165, 1.54) is 16.4 Å². The van der Waals surface area contributed by atoms with E-state index in [-0.39, 0.29) is 61.1 Å². The topological polar surface area (TPSA) is 96.0 Å². The van der Waals surface area contributed by atoms with Crippen LogP contribution in [0.4, 0.5) is 0 Å². The maximum atomic E-state index is 12.8. The molecule has 36 heavy (non-hydrogen) atoms. The molecule has 2 aliphatic heterocycles. The number of aryl methyl sites for hydroxylation is 1. The maximum Gasteiger partial charge on any atom is 1.00 e. The minimum atomic E-state index is -4.17. The average molecular weight is 587 g/mol. The number of nitrogens with one attached hydrogen (secondary N) is 1. The molecule has 0 atom stereocenters. The molecule has 1 N–H and O–H groups in total. The minimum absolute atomic E-state index is 0. The number of hydrogen-bond acceptors (Lipinski definition) is 6. The zero-order valence-electron chi connectivity index (χ0n) is 21.4. The monoisotopic (exact) mass is 585 g/mol. The molecule has 2 heterocycles. The molecule has 0 radical (unpaired) electrons. The Hall–Kier alpha value is -0.400. The van der Waals surface area contributed by atoms with E-state index in [9.17, 15) is 16.8 Å². The van der Waals surface area contributed by atoms with Crippen LogP contribution in [0.15, 0.2) is 47.4 Å². The van der Waals surface area contributed by atoms with Crippen LogP contribution in [0.25, 0.3) is 0 Å². The van der Waals surface area contributed by atoms with Crippen molar-refractivity contribution in [2.45, 2.75) is 49.6 Å². The number of ether oxygens (including phenoxy) is 1. The molecule has 0 aromatic heterocycles. The average Bonchev–Trinajstić information content (AvgIpc) is 2.82. The van der Waals surface area contributed by atoms with Crippen LogP contribution >= 0.6 is 23.2 Å². The fourth-order valence-electron chi connectivity index (χ4n) is 4.51. The molecule has 2 aromatic carbocycles. The van der Waals surface area contributed by atoms with Gasteiger partial charge in [0.25, 0.3) is 20.2 Å². The standard InChI is InChI=1S/C23H29Cl2N3O5S2.Na.H/c1-17-2-5-21(6-3-17)34(29,30)26-35(31,32)28-14-8-18(9-15-28)27-12-10-19(11-13-27)33-20-4-7-22(24)23(25)16-20;;/h2-7,16,18-19,26H,8-15H2,1H3;;/q;+1;-1. The molecule has 2 saturated heterocycles. The van der Waals surface area contributed by atoms with Gasteiger partial charge in [-0.05, 0) is 56.9 Å². The number of piperidine rings is 2. The van der Waals surface area contributed by atoms with Gasteiger partial charge in [0, 0.05) is 38.3 Å². The zero-order valence-corrected chi connectivity index (χ0v) is 25.5. The Balaban J connectivity index is 0.00000241. The number of halogens is 2. The summed E-state index contributed by atoms with van der Waals surface area (Å²) < 4.78 is 59.8. The molecule has 8 nitrogen and oxygen atoms in total. The maximum absolute atomic E-state index is 12.8. The summed E-state index contributed by atoms with van der Waals surface area (Å²) >= 11 is 12.0. The molecule has 194 valence electrons. The van der Waals surface area contributed by atoms with E-state index >= 15 is 0 Å². The SMILES string of the molecule is Cc1ccc(S(=O)(=O)NS(=O)(=O)N2CCC(N3CCC(Oc4ccc(Cl)c(Cl)c4)CC3)CC2)cc1.[H-].[Na+]. The minimum Gasteiger partial charge on any atom is -1.00 e. The van der Waals surface area contributed by atoms with Crippen LogP contribution in [0.2, 0.25) is 10.0 Å². The second-order valence-electron chi connectivity index (χ2n) is 8.96. The van der Waals surface area contributed by atoms with Crippen molar-refractivity contribution in [1.82, 2.24) is 13.3 Å². The summed E-state index contributed by atoms with van der Waals surface area (Å²) in [5.74, 6) is 0.699. The van der Waals surface area contributed by atoms with Gasteiger partial charge in [-0.15, -0.1) is 0 Å². The van der Waals surface area contributed by atoms with Gasteiger partial charge in [-0.25, -0.2) is 8.42 Å². The third-order valence-corrected chi connectivity index (χ3v) is 10.9. The predicted octanol–water partition coefficient (Wildman–Crippen LogP) is 0.949. The Bertz CT molecular complexity index is 1250. The molecule has 0 amide bonds. The molecular formula is C23H30Cl2N3NaO5S2. The van der Waals surface area contributed by atoms with Gasteiger partial charge in [-0.1, -0.05) is 45.0 Å². The van der Waals surface area contributed by atoms with Crippen LogP contribution in [-0.4, -0.2) is 64.4 Å². The summed E-state index contributed by atoms with van der Waals surface area (Å²) in [5.41, 5.74) is 0.888. The van der Waals surface area contributed by atoms with Gasteiger partial charge in [0.05, 0.1) is 14.9 Å². The molecule has 0 bridgehead atoms. The van der Waals surface area contributed by atoms with Crippen LogP contribution in [0.1, 0.15) is 32.7 Å². The van der Waals surface area contributed by atoms with Gasteiger partial charge < -0.3 is 11.1 Å². The second-order valence-corrected chi connectivity index (χ2v) is 13.4. The third-order valence-electron chi connectivity index (χ3n) is 6.50. The fourth-order valence-corrected chi connectivity index (χ4v) is 7.90. The van der Waals surface area contributed by atoms with E-state index in [0.29, 0.717) is 28.6 Å². The number of likely N-dealkylation sites (tertiary alicyclic amines) is 1. The fraction of sp³-hybridized carbons (Fsp3) is 0.478. The molecular weight excluding hydrogens is 556 g/mol. The largest absolute Gasteiger partial charge is 1.00 e. The Morgan fingerprint density at radius 3 is 2.08 bits per heavy atom. The van der Waals surface area contributed by atoms with Gasteiger partial charge in [-0.3, -0.25) is 0 Å². The summed E-state index contributed by atoms with van der Waals surface area (Å²) in [6.45, 7) is 4.06. The van der Waals surface area contributed by atoms with E-state index in [1.54, 1.807) is 24.3 Å². The summed E-state index contributed by atoms with van der Waals surface area (Å²) in [4.78, 5) is 2.29. The zero-order chi connectivity index (χ0) is 25.2. The Kier molecular flexibility index (Phi) is 10.6. The molecule has 0 saturated carbocycles. The van der Waals surface area contributed by atoms with Crippen molar-refractivity contribution in [3.63, 3.8) is 0 Å². The summed E-state index contributed by atoms with van der Waals surface area (Å²) in [6, 6.07) is 11.6. The van der Waals surface area contributed by atoms with E-state index in [0.717, 1.165) is 31.5 Å². The van der Waals surface area contributed by atoms with Crippen molar-refractivity contribution in [2.24, 2.45) is 0 Å². The van der Waals surface area contributed by atoms with Crippen molar-refractivity contribution in [3.05, 3.63) is 58.1 Å². The summed E-state index contributed by atoms with van der Waals surface area (Å²) in [7, 11) is -8.34. The van der Waals surface area contributed by atoms with E-state index < -0.39 is 20.2 Å². The van der Waals surface area contributed by atoms with Gasteiger partial charge in [0.15, 0.2) is 0 Å². The van der Waals surface area contributed by atoms with Crippen molar-refractivity contribution in [3.8, 4) is 5.75 Å². The van der Waals surface area contributed by atoms with Crippen molar-refractivity contribution < 1.29 is 52.6 Å². The molecule has 13 heteroatoms. The smallest absolute Gasteiger partial charge is 1.00 e. The first-order chi connectivity index (χ1) is 16.5. The molecule has 4 rings (SSSR count). The number of rotatable bonds is 7. The predicted molar refractivity (Wildman–Crippen MR) is 138 cm³/mol. The Morgan fingerprint density at radius 2 is 1.50 bits per heavy atom. The van der Waals surface area contributed by atoms with Gasteiger partial charge in [0.2, 0.25) is 0 Å². The van der Waals surface area contributed by atoms with Gasteiger partial charge in [0.1, 0.15) is 11.9 Å². The number of benzene rings is 2. The Labute approximate surface area is 247 Å². The Morgan fingerprint density at radius 1 is 0.889 bits per heavy atom. The van der Waals surface area contributed by atoms with Crippen LogP contribution in [0.5, 0.6) is 5.75 Å². The molecule has 2 fully saturated rings. The van der Waals surface area contributed by atoms with Gasteiger partial charge in [-0.2, -0.15) is 12.7 Å². The van der Waals surface area contributed by atoms with Gasteiger partial charge >= 0.3 is 29.6 Å². The number of hydrogen-bond donors (Lipinski definition) is 1. The quantitative estimate of drug-likeness (QED) is 0.486. The second kappa shape index (κ2) is 12.6. The number of nitrogens with zero attached hydrogens (tertiary/aromatic N) is 2. The normalized spacial score (nSPS) is 19.1. The first-order valence-electron chi connectivity index (χ1n) is 11.5. The van der Waals surface area contributed by atoms with Crippen molar-refractivity contribution >= 4 is 43.4 Å². The first-order valence-corrected chi connectivity index (χ1v) is 15.2. The molecule has 0 spiro atoms. The van der Waals surface area contributed by atoms with Crippen LogP contribution < -0.4 is 38.4 Å².